The van der Waals surface area contributed by atoms with Gasteiger partial charge in [0.2, 0.25) is 23.6 Å². The second kappa shape index (κ2) is 27.5. The molecule has 0 bridgehead atoms. The van der Waals surface area contributed by atoms with Crippen molar-refractivity contribution in [1.29, 1.82) is 0 Å². The van der Waals surface area contributed by atoms with E-state index in [4.69, 9.17) is 0 Å². The Balaban J connectivity index is 4.73. The summed E-state index contributed by atoms with van der Waals surface area (Å²) >= 11 is 0. The van der Waals surface area contributed by atoms with Crippen LogP contribution in [0.15, 0.2) is 0 Å². The van der Waals surface area contributed by atoms with Gasteiger partial charge in [0.15, 0.2) is 17.6 Å². The SMILES string of the molecule is CC[N+](C)(C)CC[N+](C)(CCNC(=O)CCCCC(=O)NCC[N+](C)(CCNC(=O)CCCCC(=O)NCC[N+](C)(CCC(C)(C)CS(=O)(=O)[O-])CS(=O)(=O)[O-])CS(=O)(=O)[O-])CS(=O)(=O)[O-]. The van der Waals surface area contributed by atoms with Crippen LogP contribution in [-0.2, 0) is 59.7 Å². The van der Waals surface area contributed by atoms with Crippen LogP contribution in [0.25, 0.3) is 0 Å². The van der Waals surface area contributed by atoms with Crippen LogP contribution >= 0.6 is 0 Å². The minimum absolute atomic E-state index is 0.00340. The van der Waals surface area contributed by atoms with Gasteiger partial charge in [-0.25, -0.2) is 33.7 Å². The summed E-state index contributed by atoms with van der Waals surface area (Å²) in [4.78, 5) is 49.9. The number of carbonyl (C=O) groups excluding carboxylic acids is 4. The monoisotopic (exact) mass is 1030 g/mol. The van der Waals surface area contributed by atoms with Crippen LogP contribution in [0.3, 0.4) is 0 Å². The second-order valence-corrected chi connectivity index (χ2v) is 25.2. The fraction of sp³-hybridized carbons (Fsp3) is 0.895. The Labute approximate surface area is 393 Å². The van der Waals surface area contributed by atoms with E-state index in [0.29, 0.717) is 43.3 Å². The third-order valence-electron chi connectivity index (χ3n) is 11.4. The maximum absolute atomic E-state index is 12.5. The second-order valence-electron chi connectivity index (χ2n) is 19.7. The molecule has 4 amide bonds. The number of nitrogens with one attached hydrogen (secondary N) is 4. The van der Waals surface area contributed by atoms with Gasteiger partial charge in [0, 0.05) is 37.9 Å². The Morgan fingerprint density at radius 1 is 0.439 bits per heavy atom. The molecular weight excluding hydrogens is 953 g/mol. The van der Waals surface area contributed by atoms with Crippen LogP contribution in [0.5, 0.6) is 0 Å². The van der Waals surface area contributed by atoms with E-state index < -0.39 is 69.3 Å². The molecule has 0 aromatic rings. The average molecular weight is 1030 g/mol. The van der Waals surface area contributed by atoms with Crippen molar-refractivity contribution in [2.75, 3.05) is 137 Å². The van der Waals surface area contributed by atoms with Crippen molar-refractivity contribution in [3.8, 4) is 0 Å². The van der Waals surface area contributed by atoms with Crippen LogP contribution in [0, 0.1) is 5.41 Å². The molecule has 0 saturated heterocycles. The van der Waals surface area contributed by atoms with Crippen LogP contribution in [-0.4, -0.2) is 231 Å². The van der Waals surface area contributed by atoms with Gasteiger partial charge >= 0.3 is 0 Å². The Hall–Kier alpha value is -2.64. The predicted molar refractivity (Wildman–Crippen MR) is 241 cm³/mol. The summed E-state index contributed by atoms with van der Waals surface area (Å²) in [6, 6.07) is 0. The van der Waals surface area contributed by atoms with E-state index in [1.165, 1.54) is 27.9 Å². The van der Waals surface area contributed by atoms with Crippen molar-refractivity contribution in [3.63, 3.8) is 0 Å². The molecule has 0 aliphatic carbocycles. The highest BCUT2D eigenvalue weighted by atomic mass is 32.2. The molecule has 66 heavy (non-hydrogen) atoms. The zero-order valence-electron chi connectivity index (χ0n) is 40.1. The van der Waals surface area contributed by atoms with E-state index in [0.717, 1.165) is 6.54 Å². The summed E-state index contributed by atoms with van der Waals surface area (Å²) in [5.74, 6) is -4.28. The number of hydrogen-bond donors (Lipinski definition) is 4. The molecule has 0 spiro atoms. The van der Waals surface area contributed by atoms with Crippen molar-refractivity contribution < 1.29 is 89.0 Å². The van der Waals surface area contributed by atoms with E-state index >= 15 is 0 Å². The quantitative estimate of drug-likeness (QED) is 0.0283. The Kier molecular flexibility index (Phi) is 26.4. The molecule has 0 rings (SSSR count). The Morgan fingerprint density at radius 3 is 0.970 bits per heavy atom. The largest absolute Gasteiger partial charge is 0.748 e. The normalized spacial score (nSPS) is 15.8. The molecule has 24 nitrogen and oxygen atoms in total. The summed E-state index contributed by atoms with van der Waals surface area (Å²) in [7, 11) is -9.81. The van der Waals surface area contributed by atoms with Gasteiger partial charge in [-0.1, -0.05) is 13.8 Å². The maximum Gasteiger partial charge on any atom is 0.220 e. The predicted octanol–water partition coefficient (Wildman–Crippen LogP) is -2.52. The first-order valence-electron chi connectivity index (χ1n) is 21.9. The Morgan fingerprint density at radius 2 is 0.712 bits per heavy atom. The van der Waals surface area contributed by atoms with E-state index in [1.807, 2.05) is 21.0 Å². The Bertz CT molecular complexity index is 2020. The number of carbonyl (C=O) groups is 4. The molecule has 28 heteroatoms. The summed E-state index contributed by atoms with van der Waals surface area (Å²) in [5.41, 5.74) is -0.983. The summed E-state index contributed by atoms with van der Waals surface area (Å²) < 4.78 is 138. The smallest absolute Gasteiger partial charge is 0.220 e. The van der Waals surface area contributed by atoms with Crippen molar-refractivity contribution in [3.05, 3.63) is 0 Å². The highest BCUT2D eigenvalue weighted by molar-refractivity contribution is 7.86. The number of rotatable bonds is 37. The molecule has 3 unspecified atom stereocenters. The third kappa shape index (κ3) is 34.6. The van der Waals surface area contributed by atoms with Gasteiger partial charge in [-0.3, -0.25) is 19.2 Å². The lowest BCUT2D eigenvalue weighted by Gasteiger charge is -2.38. The molecule has 0 aromatic heterocycles. The van der Waals surface area contributed by atoms with Gasteiger partial charge in [0.1, 0.15) is 43.4 Å². The first-order chi connectivity index (χ1) is 29.8. The van der Waals surface area contributed by atoms with Crippen LogP contribution in [0.1, 0.15) is 78.6 Å². The van der Waals surface area contributed by atoms with Gasteiger partial charge in [-0.05, 0) is 38.0 Å². The van der Waals surface area contributed by atoms with Gasteiger partial charge in [0.05, 0.1) is 111 Å². The first-order valence-corrected chi connectivity index (χ1v) is 28.2. The van der Waals surface area contributed by atoms with Gasteiger partial charge in [-0.2, -0.15) is 0 Å². The van der Waals surface area contributed by atoms with Crippen LogP contribution in [0.2, 0.25) is 0 Å². The van der Waals surface area contributed by atoms with Crippen LogP contribution < -0.4 is 21.3 Å². The molecule has 0 heterocycles. The van der Waals surface area contributed by atoms with Crippen LogP contribution in [0.4, 0.5) is 0 Å². The van der Waals surface area contributed by atoms with Crippen molar-refractivity contribution in [2.45, 2.75) is 78.6 Å². The minimum atomic E-state index is -4.70. The zero-order valence-corrected chi connectivity index (χ0v) is 43.4. The van der Waals surface area contributed by atoms with E-state index in [-0.39, 0.29) is 128 Å². The first kappa shape index (κ1) is 63.4. The number of quaternary nitrogens is 4. The fourth-order valence-electron chi connectivity index (χ4n) is 7.02. The van der Waals surface area contributed by atoms with Crippen molar-refractivity contribution in [1.82, 2.24) is 21.3 Å². The standard InChI is InChI=1S/C38H78N8O16S4/c1-9-43(4,5)28-29-46(8,33-66(60,61)62)27-22-42-37(50)17-13-12-16-36(49)41-21-26-45(7,32-65(57,58)59)25-20-40-35(48)15-11-10-14-34(47)39-19-24-44(6,31-64(54,55)56)23-18-38(2,3)30-63(51,52)53/h9-33H2,1-8H3,(H4-4,39,40,41,42,47,48,49,50,51,52,53,54,55,56,57,58,59,60,61,62). The van der Waals surface area contributed by atoms with Gasteiger partial charge in [-0.15, -0.1) is 0 Å². The summed E-state index contributed by atoms with van der Waals surface area (Å²) in [5, 5.41) is 10.7. The van der Waals surface area contributed by atoms with E-state index in [9.17, 15) is 71.1 Å². The number of unbranched alkanes of at least 4 members (excludes halogenated alkanes) is 2. The molecule has 0 aliphatic rings. The summed E-state index contributed by atoms with van der Waals surface area (Å²) in [6.45, 7) is 7.56. The maximum atomic E-state index is 12.5. The van der Waals surface area contributed by atoms with Crippen molar-refractivity contribution in [2.24, 2.45) is 5.41 Å². The number of likely N-dealkylation sites (N-methyl/N-ethyl adjacent to an activating group) is 4. The zero-order chi connectivity index (χ0) is 51.3. The topological polar surface area (TPSA) is 345 Å². The molecule has 3 atom stereocenters. The summed E-state index contributed by atoms with van der Waals surface area (Å²) in [6.07, 6.45) is 1.73. The highest BCUT2D eigenvalue weighted by Gasteiger charge is 2.31. The molecule has 4 N–H and O–H groups in total. The molecule has 0 aromatic carbocycles. The van der Waals surface area contributed by atoms with Gasteiger partial charge < -0.3 is 57.4 Å². The number of amides is 4. The lowest BCUT2D eigenvalue weighted by Crippen LogP contribution is -2.56. The number of nitrogens with zero attached hydrogens (tertiary/aromatic N) is 4. The fourth-order valence-corrected chi connectivity index (χ4v) is 11.2. The molecule has 0 aliphatic heterocycles. The van der Waals surface area contributed by atoms with Crippen molar-refractivity contribution >= 4 is 64.1 Å². The molecule has 390 valence electrons. The highest BCUT2D eigenvalue weighted by Crippen LogP contribution is 2.24. The van der Waals surface area contributed by atoms with Gasteiger partial charge in [0.25, 0.3) is 0 Å². The van der Waals surface area contributed by atoms with E-state index in [1.54, 1.807) is 7.05 Å². The van der Waals surface area contributed by atoms with E-state index in [2.05, 4.69) is 21.3 Å². The molecule has 0 fully saturated rings. The lowest BCUT2D eigenvalue weighted by molar-refractivity contribution is -0.948. The average Bonchev–Trinajstić information content (AvgIpc) is 3.10. The third-order valence-corrected chi connectivity index (χ3v) is 15.4. The lowest BCUT2D eigenvalue weighted by atomic mass is 9.91. The molecule has 0 saturated carbocycles. The minimum Gasteiger partial charge on any atom is -0.748 e. The molecule has 0 radical (unpaired) electrons. The molecular formula is C38H78N8O16S4. The number of hydrogen-bond acceptors (Lipinski definition) is 16.